The molecule has 0 aliphatic heterocycles. The molecule has 2 aromatic carbocycles. The minimum Gasteiger partial charge on any atom is -0.0843 e. The van der Waals surface area contributed by atoms with E-state index < -0.39 is 0 Å². The lowest BCUT2D eigenvalue weighted by molar-refractivity contribution is 1.20. The molecule has 0 heterocycles. The van der Waals surface area contributed by atoms with Crippen LogP contribution < -0.4 is 0 Å². The Morgan fingerprint density at radius 1 is 1.00 bits per heavy atom. The largest absolute Gasteiger partial charge is 0.0843 e. The molecule has 0 atom stereocenters. The Hall–Kier alpha value is -1.53. The predicted octanol–water partition coefficient (Wildman–Crippen LogP) is 4.97. The summed E-state index contributed by atoms with van der Waals surface area (Å²) in [5.74, 6) is 0. The second-order valence-electron chi connectivity index (χ2n) is 4.55. The van der Waals surface area contributed by atoms with Gasteiger partial charge >= 0.3 is 0 Å². The second-order valence-corrected chi connectivity index (χ2v) is 4.98. The van der Waals surface area contributed by atoms with Crippen molar-refractivity contribution in [1.29, 1.82) is 0 Å². The van der Waals surface area contributed by atoms with Crippen molar-refractivity contribution in [2.24, 2.45) is 0 Å². The van der Waals surface area contributed by atoms with Gasteiger partial charge in [-0.25, -0.2) is 0 Å². The molecule has 0 radical (unpaired) electrons. The van der Waals surface area contributed by atoms with Crippen LogP contribution in [0, 0.1) is 0 Å². The summed E-state index contributed by atoms with van der Waals surface area (Å²) in [6.07, 6.45) is 3.34. The standard InChI is InChI=1S/C16H13Cl/c1-11-9-13-3-2-4-15(16(13)10-11)12-5-7-14(17)8-6-12/h2-9H,10H2,1H3. The van der Waals surface area contributed by atoms with E-state index in [2.05, 4.69) is 43.3 Å². The summed E-state index contributed by atoms with van der Waals surface area (Å²) in [6, 6.07) is 14.6. The number of rotatable bonds is 1. The van der Waals surface area contributed by atoms with Crippen molar-refractivity contribution in [1.82, 2.24) is 0 Å². The van der Waals surface area contributed by atoms with Gasteiger partial charge in [0.1, 0.15) is 0 Å². The molecule has 0 saturated heterocycles. The summed E-state index contributed by atoms with van der Waals surface area (Å²) in [5.41, 5.74) is 6.80. The molecule has 1 aliphatic rings. The third kappa shape index (κ3) is 1.89. The van der Waals surface area contributed by atoms with Gasteiger partial charge in [-0.3, -0.25) is 0 Å². The van der Waals surface area contributed by atoms with Crippen molar-refractivity contribution in [3.05, 3.63) is 64.2 Å². The van der Waals surface area contributed by atoms with Crippen molar-refractivity contribution in [2.75, 3.05) is 0 Å². The fraction of sp³-hybridized carbons (Fsp3) is 0.125. The van der Waals surface area contributed by atoms with Crippen molar-refractivity contribution < 1.29 is 0 Å². The van der Waals surface area contributed by atoms with Crippen molar-refractivity contribution in [3.8, 4) is 11.1 Å². The van der Waals surface area contributed by atoms with Crippen LogP contribution in [0.4, 0.5) is 0 Å². The lowest BCUT2D eigenvalue weighted by atomic mass is 9.96. The number of allylic oxidation sites excluding steroid dienone is 1. The molecule has 0 saturated carbocycles. The van der Waals surface area contributed by atoms with Crippen molar-refractivity contribution in [3.63, 3.8) is 0 Å². The lowest BCUT2D eigenvalue weighted by Crippen LogP contribution is -1.89. The predicted molar refractivity (Wildman–Crippen MR) is 74.2 cm³/mol. The van der Waals surface area contributed by atoms with Crippen LogP contribution in [0.5, 0.6) is 0 Å². The molecular formula is C16H13Cl. The van der Waals surface area contributed by atoms with Gasteiger partial charge in [0.2, 0.25) is 0 Å². The van der Waals surface area contributed by atoms with Gasteiger partial charge in [0.15, 0.2) is 0 Å². The molecule has 3 rings (SSSR count). The molecule has 1 aliphatic carbocycles. The van der Waals surface area contributed by atoms with E-state index in [1.807, 2.05) is 12.1 Å². The zero-order chi connectivity index (χ0) is 11.8. The van der Waals surface area contributed by atoms with Crippen LogP contribution in [-0.2, 0) is 6.42 Å². The summed E-state index contributed by atoms with van der Waals surface area (Å²) < 4.78 is 0. The molecule has 0 nitrogen and oxygen atoms in total. The number of halogens is 1. The smallest absolute Gasteiger partial charge is 0.0406 e. The van der Waals surface area contributed by atoms with E-state index >= 15 is 0 Å². The van der Waals surface area contributed by atoms with E-state index in [9.17, 15) is 0 Å². The Morgan fingerprint density at radius 3 is 2.53 bits per heavy atom. The minimum absolute atomic E-state index is 0.788. The molecule has 0 unspecified atom stereocenters. The molecule has 0 fully saturated rings. The number of benzene rings is 2. The molecule has 2 aromatic rings. The zero-order valence-corrected chi connectivity index (χ0v) is 10.5. The number of hydrogen-bond donors (Lipinski definition) is 0. The Morgan fingerprint density at radius 2 is 1.76 bits per heavy atom. The number of fused-ring (bicyclic) bond motifs is 1. The molecule has 0 spiro atoms. The maximum atomic E-state index is 5.93. The Balaban J connectivity index is 2.12. The van der Waals surface area contributed by atoms with Crippen LogP contribution in [-0.4, -0.2) is 0 Å². The number of hydrogen-bond acceptors (Lipinski definition) is 0. The van der Waals surface area contributed by atoms with E-state index in [-0.39, 0.29) is 0 Å². The fourth-order valence-corrected chi connectivity index (χ4v) is 2.56. The Labute approximate surface area is 107 Å². The van der Waals surface area contributed by atoms with Crippen LogP contribution >= 0.6 is 11.6 Å². The average Bonchev–Trinajstić information content (AvgIpc) is 2.70. The minimum atomic E-state index is 0.788. The van der Waals surface area contributed by atoms with Gasteiger partial charge in [0.05, 0.1) is 0 Å². The third-order valence-electron chi connectivity index (χ3n) is 3.22. The maximum Gasteiger partial charge on any atom is 0.0406 e. The van der Waals surface area contributed by atoms with Crippen molar-refractivity contribution in [2.45, 2.75) is 13.3 Å². The summed E-state index contributed by atoms with van der Waals surface area (Å²) in [6.45, 7) is 2.19. The van der Waals surface area contributed by atoms with Gasteiger partial charge < -0.3 is 0 Å². The Bertz CT molecular complexity index is 591. The summed E-state index contributed by atoms with van der Waals surface area (Å²) in [5, 5.41) is 0.788. The van der Waals surface area contributed by atoms with E-state index in [1.54, 1.807) is 0 Å². The van der Waals surface area contributed by atoms with Gasteiger partial charge in [-0.05, 0) is 47.7 Å². The molecule has 0 bridgehead atoms. The quantitative estimate of drug-likeness (QED) is 0.661. The van der Waals surface area contributed by atoms with E-state index in [0.717, 1.165) is 11.4 Å². The molecule has 17 heavy (non-hydrogen) atoms. The van der Waals surface area contributed by atoms with E-state index in [1.165, 1.54) is 27.8 Å². The fourth-order valence-electron chi connectivity index (χ4n) is 2.43. The van der Waals surface area contributed by atoms with Gasteiger partial charge in [-0.15, -0.1) is 0 Å². The molecular weight excluding hydrogens is 228 g/mol. The molecule has 1 heteroatoms. The monoisotopic (exact) mass is 240 g/mol. The zero-order valence-electron chi connectivity index (χ0n) is 9.70. The highest BCUT2D eigenvalue weighted by Crippen LogP contribution is 2.34. The first kappa shape index (κ1) is 10.6. The topological polar surface area (TPSA) is 0 Å². The van der Waals surface area contributed by atoms with E-state index in [0.29, 0.717) is 0 Å². The SMILES string of the molecule is CC1=Cc2cccc(-c3ccc(Cl)cc3)c2C1. The van der Waals surface area contributed by atoms with Crippen molar-refractivity contribution >= 4 is 17.7 Å². The van der Waals surface area contributed by atoms with Crippen LogP contribution in [0.2, 0.25) is 5.02 Å². The highest BCUT2D eigenvalue weighted by molar-refractivity contribution is 6.30. The van der Waals surface area contributed by atoms with Crippen LogP contribution in [0.25, 0.3) is 17.2 Å². The van der Waals surface area contributed by atoms with Gasteiger partial charge in [-0.1, -0.05) is 53.6 Å². The van der Waals surface area contributed by atoms with Crippen LogP contribution in [0.1, 0.15) is 18.1 Å². The first-order valence-corrected chi connectivity index (χ1v) is 6.17. The van der Waals surface area contributed by atoms with Gasteiger partial charge in [0.25, 0.3) is 0 Å². The summed E-state index contributed by atoms with van der Waals surface area (Å²) in [7, 11) is 0. The molecule has 0 amide bonds. The average molecular weight is 241 g/mol. The highest BCUT2D eigenvalue weighted by Gasteiger charge is 2.14. The maximum absolute atomic E-state index is 5.93. The molecule has 84 valence electrons. The highest BCUT2D eigenvalue weighted by atomic mass is 35.5. The first-order valence-electron chi connectivity index (χ1n) is 5.79. The van der Waals surface area contributed by atoms with Crippen LogP contribution in [0.15, 0.2) is 48.0 Å². The van der Waals surface area contributed by atoms with Crippen LogP contribution in [0.3, 0.4) is 0 Å². The summed E-state index contributed by atoms with van der Waals surface area (Å²) >= 11 is 5.93. The summed E-state index contributed by atoms with van der Waals surface area (Å²) in [4.78, 5) is 0. The lowest BCUT2D eigenvalue weighted by Gasteiger charge is -2.08. The van der Waals surface area contributed by atoms with E-state index in [4.69, 9.17) is 11.6 Å². The van der Waals surface area contributed by atoms with Gasteiger partial charge in [-0.2, -0.15) is 0 Å². The Kier molecular flexibility index (Phi) is 2.53. The normalized spacial score (nSPS) is 13.4. The second kappa shape index (κ2) is 4.05. The van der Waals surface area contributed by atoms with Gasteiger partial charge in [0, 0.05) is 5.02 Å². The third-order valence-corrected chi connectivity index (χ3v) is 3.48. The molecule has 0 N–H and O–H groups in total. The first-order chi connectivity index (χ1) is 8.24. The molecule has 0 aromatic heterocycles.